The van der Waals surface area contributed by atoms with Gasteiger partial charge < -0.3 is 5.11 Å². The summed E-state index contributed by atoms with van der Waals surface area (Å²) in [5.41, 5.74) is 7.26. The van der Waals surface area contributed by atoms with Gasteiger partial charge in [-0.2, -0.15) is 5.11 Å². The Labute approximate surface area is 99.1 Å². The molecule has 2 aromatic rings. The van der Waals surface area contributed by atoms with Crippen molar-refractivity contribution in [1.29, 1.82) is 5.53 Å². The molecule has 0 saturated heterocycles. The molecule has 2 aromatic carbocycles. The first-order valence-electron chi connectivity index (χ1n) is 4.95. The van der Waals surface area contributed by atoms with E-state index in [0.717, 1.165) is 0 Å². The fourth-order valence-corrected chi connectivity index (χ4v) is 1.06. The summed E-state index contributed by atoms with van der Waals surface area (Å²) in [7, 11) is 0. The van der Waals surface area contributed by atoms with Crippen LogP contribution in [0, 0.1) is 5.53 Å². The standard InChI is InChI=1S/C7H6N2O2.C6H6/c8-9-6-3-1-5(2-4-6)7(10)11;1-2-4-6-5-3-1/h1-4,8H,(H,10,11);1-6H. The molecule has 0 aliphatic carbocycles. The van der Waals surface area contributed by atoms with Crippen molar-refractivity contribution in [3.05, 3.63) is 66.2 Å². The number of nitrogens with one attached hydrogen (secondary N) is 1. The highest BCUT2D eigenvalue weighted by Gasteiger charge is 1.99. The third-order valence-corrected chi connectivity index (χ3v) is 1.91. The Morgan fingerprint density at radius 2 is 1.35 bits per heavy atom. The van der Waals surface area contributed by atoms with Crippen LogP contribution in [0.25, 0.3) is 0 Å². The Morgan fingerprint density at radius 3 is 1.65 bits per heavy atom. The molecule has 0 aliphatic rings. The van der Waals surface area contributed by atoms with Crippen LogP contribution < -0.4 is 0 Å². The average Bonchev–Trinajstić information content (AvgIpc) is 2.41. The smallest absolute Gasteiger partial charge is 0.335 e. The lowest BCUT2D eigenvalue weighted by Crippen LogP contribution is -1.93. The fraction of sp³-hybridized carbons (Fsp3) is 0. The summed E-state index contributed by atoms with van der Waals surface area (Å²) in [5, 5.41) is 11.6. The minimum Gasteiger partial charge on any atom is -0.478 e. The normalized spacial score (nSPS) is 8.71. The molecule has 0 saturated carbocycles. The highest BCUT2D eigenvalue weighted by atomic mass is 16.4. The van der Waals surface area contributed by atoms with Crippen molar-refractivity contribution in [2.45, 2.75) is 0 Å². The second-order valence-electron chi connectivity index (χ2n) is 3.12. The Balaban J connectivity index is 0.000000202. The van der Waals surface area contributed by atoms with E-state index in [0.29, 0.717) is 5.69 Å². The van der Waals surface area contributed by atoms with Gasteiger partial charge in [0, 0.05) is 0 Å². The van der Waals surface area contributed by atoms with Gasteiger partial charge in [-0.15, -0.1) is 0 Å². The molecule has 0 fully saturated rings. The molecule has 0 aliphatic heterocycles. The van der Waals surface area contributed by atoms with Gasteiger partial charge in [0.05, 0.1) is 11.3 Å². The number of aromatic carboxylic acids is 1. The monoisotopic (exact) mass is 228 g/mol. The van der Waals surface area contributed by atoms with Gasteiger partial charge in [-0.3, -0.25) is 0 Å². The van der Waals surface area contributed by atoms with Crippen LogP contribution in [0.4, 0.5) is 5.69 Å². The van der Waals surface area contributed by atoms with Gasteiger partial charge in [0.15, 0.2) is 0 Å². The summed E-state index contributed by atoms with van der Waals surface area (Å²) >= 11 is 0. The first-order chi connectivity index (χ1) is 8.24. The van der Waals surface area contributed by atoms with Gasteiger partial charge in [-0.05, 0) is 24.3 Å². The Morgan fingerprint density at radius 1 is 0.941 bits per heavy atom. The van der Waals surface area contributed by atoms with Gasteiger partial charge in [0.2, 0.25) is 0 Å². The van der Waals surface area contributed by atoms with Gasteiger partial charge in [0.1, 0.15) is 0 Å². The highest BCUT2D eigenvalue weighted by molar-refractivity contribution is 5.87. The maximum Gasteiger partial charge on any atom is 0.335 e. The second-order valence-corrected chi connectivity index (χ2v) is 3.12. The largest absolute Gasteiger partial charge is 0.478 e. The molecule has 0 amide bonds. The van der Waals surface area contributed by atoms with E-state index in [1.807, 2.05) is 36.4 Å². The van der Waals surface area contributed by atoms with Crippen molar-refractivity contribution in [2.24, 2.45) is 5.11 Å². The van der Waals surface area contributed by atoms with Gasteiger partial charge >= 0.3 is 5.97 Å². The maximum atomic E-state index is 10.3. The van der Waals surface area contributed by atoms with Crippen LogP contribution in [0.15, 0.2) is 65.8 Å². The van der Waals surface area contributed by atoms with E-state index in [1.54, 1.807) is 0 Å². The Bertz CT molecular complexity index is 440. The third-order valence-electron chi connectivity index (χ3n) is 1.91. The maximum absolute atomic E-state index is 10.3. The fourth-order valence-electron chi connectivity index (χ4n) is 1.06. The summed E-state index contributed by atoms with van der Waals surface area (Å²) in [6.07, 6.45) is 0. The number of carbonyl (C=O) groups is 1. The van der Waals surface area contributed by atoms with Gasteiger partial charge in [0.25, 0.3) is 0 Å². The van der Waals surface area contributed by atoms with Crippen molar-refractivity contribution in [3.8, 4) is 0 Å². The number of nitrogens with zero attached hydrogens (tertiary/aromatic N) is 1. The van der Waals surface area contributed by atoms with Crippen LogP contribution in [0.1, 0.15) is 10.4 Å². The molecule has 2 N–H and O–H groups in total. The van der Waals surface area contributed by atoms with Crippen LogP contribution in [-0.4, -0.2) is 11.1 Å². The molecular weight excluding hydrogens is 216 g/mol. The zero-order chi connectivity index (χ0) is 12.5. The quantitative estimate of drug-likeness (QED) is 0.768. The molecule has 0 heterocycles. The van der Waals surface area contributed by atoms with Crippen molar-refractivity contribution in [1.82, 2.24) is 0 Å². The third kappa shape index (κ3) is 4.70. The van der Waals surface area contributed by atoms with Crippen LogP contribution in [0.2, 0.25) is 0 Å². The molecule has 4 nitrogen and oxygen atoms in total. The van der Waals surface area contributed by atoms with E-state index in [2.05, 4.69) is 5.11 Å². The lowest BCUT2D eigenvalue weighted by Gasteiger charge is -1.92. The number of carboxylic acid groups (broad SMARTS) is 1. The van der Waals surface area contributed by atoms with Gasteiger partial charge in [-0.1, -0.05) is 36.4 Å². The van der Waals surface area contributed by atoms with Crippen LogP contribution in [0.5, 0.6) is 0 Å². The van der Waals surface area contributed by atoms with Crippen molar-refractivity contribution >= 4 is 11.7 Å². The zero-order valence-corrected chi connectivity index (χ0v) is 9.08. The Hall–Kier alpha value is -2.49. The van der Waals surface area contributed by atoms with Crippen molar-refractivity contribution in [2.75, 3.05) is 0 Å². The molecule has 0 spiro atoms. The Kier molecular flexibility index (Phi) is 5.10. The molecule has 0 aromatic heterocycles. The van der Waals surface area contributed by atoms with E-state index in [-0.39, 0.29) is 5.56 Å². The second kappa shape index (κ2) is 6.90. The summed E-state index contributed by atoms with van der Waals surface area (Å²) < 4.78 is 0. The highest BCUT2D eigenvalue weighted by Crippen LogP contribution is 2.11. The molecule has 0 bridgehead atoms. The molecule has 17 heavy (non-hydrogen) atoms. The van der Waals surface area contributed by atoms with E-state index in [9.17, 15) is 4.79 Å². The predicted molar refractivity (Wildman–Crippen MR) is 64.7 cm³/mol. The van der Waals surface area contributed by atoms with E-state index in [4.69, 9.17) is 10.6 Å². The summed E-state index contributed by atoms with van der Waals surface area (Å²) in [6.45, 7) is 0. The van der Waals surface area contributed by atoms with Crippen LogP contribution in [-0.2, 0) is 0 Å². The number of carboxylic acids is 1. The predicted octanol–water partition coefficient (Wildman–Crippen LogP) is 3.73. The molecular formula is C13H12N2O2. The summed E-state index contributed by atoms with van der Waals surface area (Å²) in [6, 6.07) is 17.8. The minimum absolute atomic E-state index is 0.206. The number of benzene rings is 2. The lowest BCUT2D eigenvalue weighted by molar-refractivity contribution is 0.0697. The van der Waals surface area contributed by atoms with Crippen LogP contribution >= 0.6 is 0 Å². The first-order valence-corrected chi connectivity index (χ1v) is 4.95. The zero-order valence-electron chi connectivity index (χ0n) is 9.08. The molecule has 0 unspecified atom stereocenters. The van der Waals surface area contributed by atoms with E-state index in [1.165, 1.54) is 24.3 Å². The first kappa shape index (κ1) is 12.6. The van der Waals surface area contributed by atoms with Crippen molar-refractivity contribution < 1.29 is 9.90 Å². The molecule has 0 radical (unpaired) electrons. The molecule has 0 atom stereocenters. The molecule has 4 heteroatoms. The summed E-state index contributed by atoms with van der Waals surface area (Å²) in [4.78, 5) is 10.3. The van der Waals surface area contributed by atoms with Crippen molar-refractivity contribution in [3.63, 3.8) is 0 Å². The summed E-state index contributed by atoms with van der Waals surface area (Å²) in [5.74, 6) is -0.971. The van der Waals surface area contributed by atoms with E-state index >= 15 is 0 Å². The minimum atomic E-state index is -0.971. The van der Waals surface area contributed by atoms with Crippen LogP contribution in [0.3, 0.4) is 0 Å². The van der Waals surface area contributed by atoms with E-state index < -0.39 is 5.97 Å². The number of hydrogen-bond donors (Lipinski definition) is 2. The average molecular weight is 228 g/mol. The number of rotatable bonds is 2. The SMILES string of the molecule is N=Nc1ccc(C(=O)O)cc1.c1ccccc1. The topological polar surface area (TPSA) is 73.5 Å². The lowest BCUT2D eigenvalue weighted by atomic mass is 10.2. The molecule has 86 valence electrons. The van der Waals surface area contributed by atoms with Gasteiger partial charge in [-0.25, -0.2) is 10.3 Å². The number of hydrogen-bond acceptors (Lipinski definition) is 3. The molecule has 2 rings (SSSR count).